The average molecular weight is 143 g/mol. The Labute approximate surface area is 60.4 Å². The number of methoxy groups -OCH3 is 1. The predicted molar refractivity (Wildman–Crippen MR) is 36.3 cm³/mol. The third-order valence-electron chi connectivity index (χ3n) is 1.35. The van der Waals surface area contributed by atoms with Crippen LogP contribution in [-0.4, -0.2) is 25.8 Å². The SMILES string of the molecule is COC(C=O)C(C)(C)[C]=O. The Bertz CT molecular complexity index is 129. The smallest absolute Gasteiger partial charge is 0.207 e. The van der Waals surface area contributed by atoms with Gasteiger partial charge in [-0.15, -0.1) is 0 Å². The van der Waals surface area contributed by atoms with Crippen molar-refractivity contribution in [2.75, 3.05) is 7.11 Å². The fourth-order valence-electron chi connectivity index (χ4n) is 0.578. The van der Waals surface area contributed by atoms with Crippen LogP contribution in [-0.2, 0) is 14.3 Å². The van der Waals surface area contributed by atoms with Crippen LogP contribution >= 0.6 is 0 Å². The summed E-state index contributed by atoms with van der Waals surface area (Å²) in [4.78, 5) is 20.5. The van der Waals surface area contributed by atoms with Gasteiger partial charge in [-0.25, -0.2) is 0 Å². The summed E-state index contributed by atoms with van der Waals surface area (Å²) in [6.07, 6.45) is 1.65. The van der Waals surface area contributed by atoms with Gasteiger partial charge in [0.1, 0.15) is 12.4 Å². The van der Waals surface area contributed by atoms with E-state index in [0.29, 0.717) is 6.29 Å². The molecule has 1 unspecified atom stereocenters. The highest BCUT2D eigenvalue weighted by molar-refractivity contribution is 5.70. The van der Waals surface area contributed by atoms with E-state index < -0.39 is 11.5 Å². The van der Waals surface area contributed by atoms with Gasteiger partial charge in [0.2, 0.25) is 6.29 Å². The summed E-state index contributed by atoms with van der Waals surface area (Å²) in [5.41, 5.74) is -0.837. The predicted octanol–water partition coefficient (Wildman–Crippen LogP) is 0.336. The van der Waals surface area contributed by atoms with Gasteiger partial charge in [0.15, 0.2) is 0 Å². The van der Waals surface area contributed by atoms with Crippen LogP contribution in [0, 0.1) is 5.41 Å². The summed E-state index contributed by atoms with van der Waals surface area (Å²) >= 11 is 0. The van der Waals surface area contributed by atoms with E-state index >= 15 is 0 Å². The third-order valence-corrected chi connectivity index (χ3v) is 1.35. The van der Waals surface area contributed by atoms with Crippen LogP contribution in [0.4, 0.5) is 0 Å². The average Bonchev–Trinajstić information content (AvgIpc) is 1.90. The number of aldehydes is 1. The molecule has 0 bridgehead atoms. The van der Waals surface area contributed by atoms with Gasteiger partial charge in [-0.2, -0.15) is 0 Å². The number of rotatable bonds is 4. The van der Waals surface area contributed by atoms with Crippen LogP contribution in [0.2, 0.25) is 0 Å². The highest BCUT2D eigenvalue weighted by Gasteiger charge is 2.29. The summed E-state index contributed by atoms with van der Waals surface area (Å²) in [6, 6.07) is 0. The Morgan fingerprint density at radius 1 is 1.60 bits per heavy atom. The second kappa shape index (κ2) is 3.46. The van der Waals surface area contributed by atoms with Crippen molar-refractivity contribution in [3.8, 4) is 0 Å². The van der Waals surface area contributed by atoms with E-state index in [9.17, 15) is 9.59 Å². The van der Waals surface area contributed by atoms with Crippen molar-refractivity contribution in [3.05, 3.63) is 0 Å². The normalized spacial score (nSPS) is 14.3. The second-order valence-electron chi connectivity index (χ2n) is 2.62. The Kier molecular flexibility index (Phi) is 3.22. The van der Waals surface area contributed by atoms with Crippen LogP contribution in [0.5, 0.6) is 0 Å². The van der Waals surface area contributed by atoms with E-state index in [2.05, 4.69) is 0 Å². The molecule has 0 aromatic rings. The van der Waals surface area contributed by atoms with Crippen LogP contribution in [0.3, 0.4) is 0 Å². The maximum absolute atomic E-state index is 10.2. The van der Waals surface area contributed by atoms with E-state index in [1.807, 2.05) is 0 Å². The Hall–Kier alpha value is -0.700. The van der Waals surface area contributed by atoms with Gasteiger partial charge in [0, 0.05) is 7.11 Å². The van der Waals surface area contributed by atoms with E-state index in [0.717, 1.165) is 0 Å². The first-order valence-corrected chi connectivity index (χ1v) is 2.96. The minimum Gasteiger partial charge on any atom is -0.373 e. The van der Waals surface area contributed by atoms with Crippen molar-refractivity contribution >= 4 is 12.6 Å². The highest BCUT2D eigenvalue weighted by atomic mass is 16.5. The molecule has 57 valence electrons. The van der Waals surface area contributed by atoms with Gasteiger partial charge >= 0.3 is 0 Å². The first kappa shape index (κ1) is 9.30. The molecular formula is C7H11O3. The van der Waals surface area contributed by atoms with Crippen molar-refractivity contribution in [1.82, 2.24) is 0 Å². The molecule has 0 fully saturated rings. The number of ether oxygens (including phenoxy) is 1. The number of carbonyl (C=O) groups excluding carboxylic acids is 2. The molecule has 0 saturated heterocycles. The van der Waals surface area contributed by atoms with Gasteiger partial charge < -0.3 is 9.53 Å². The maximum atomic E-state index is 10.2. The van der Waals surface area contributed by atoms with Crippen molar-refractivity contribution in [3.63, 3.8) is 0 Å². The third kappa shape index (κ3) is 1.92. The summed E-state index contributed by atoms with van der Waals surface area (Å²) in [6.45, 7) is 3.20. The quantitative estimate of drug-likeness (QED) is 0.533. The molecule has 1 atom stereocenters. The van der Waals surface area contributed by atoms with E-state index in [1.165, 1.54) is 7.11 Å². The van der Waals surface area contributed by atoms with Crippen LogP contribution in [0.1, 0.15) is 13.8 Å². The zero-order chi connectivity index (χ0) is 8.20. The molecule has 0 rings (SSSR count). The number of hydrogen-bond donors (Lipinski definition) is 0. The summed E-state index contributed by atoms with van der Waals surface area (Å²) in [5.74, 6) is 0. The lowest BCUT2D eigenvalue weighted by molar-refractivity contribution is -0.120. The lowest BCUT2D eigenvalue weighted by atomic mass is 9.89. The number of carbonyl (C=O) groups is 1. The topological polar surface area (TPSA) is 43.4 Å². The van der Waals surface area contributed by atoms with Crippen molar-refractivity contribution in [1.29, 1.82) is 0 Å². The molecule has 0 saturated carbocycles. The fraction of sp³-hybridized carbons (Fsp3) is 0.714. The van der Waals surface area contributed by atoms with Crippen LogP contribution in [0.15, 0.2) is 0 Å². The summed E-state index contributed by atoms with van der Waals surface area (Å²) in [5, 5.41) is 0. The molecule has 10 heavy (non-hydrogen) atoms. The molecule has 0 aromatic carbocycles. The monoisotopic (exact) mass is 143 g/mol. The van der Waals surface area contributed by atoms with Gasteiger partial charge in [-0.3, -0.25) is 4.79 Å². The molecule has 0 aromatic heterocycles. The molecule has 0 heterocycles. The van der Waals surface area contributed by atoms with Gasteiger partial charge in [0.25, 0.3) is 0 Å². The summed E-state index contributed by atoms with van der Waals surface area (Å²) in [7, 11) is 1.39. The minimum atomic E-state index is -0.837. The fourth-order valence-corrected chi connectivity index (χ4v) is 0.578. The summed E-state index contributed by atoms with van der Waals surface area (Å²) < 4.78 is 4.72. The molecule has 0 N–H and O–H groups in total. The number of hydrogen-bond acceptors (Lipinski definition) is 3. The van der Waals surface area contributed by atoms with E-state index in [1.54, 1.807) is 20.1 Å². The highest BCUT2D eigenvalue weighted by Crippen LogP contribution is 2.17. The van der Waals surface area contributed by atoms with Gasteiger partial charge in [-0.1, -0.05) is 0 Å². The van der Waals surface area contributed by atoms with E-state index in [-0.39, 0.29) is 0 Å². The zero-order valence-electron chi connectivity index (χ0n) is 6.38. The Morgan fingerprint density at radius 3 is 2.20 bits per heavy atom. The van der Waals surface area contributed by atoms with Crippen molar-refractivity contribution in [2.24, 2.45) is 5.41 Å². The van der Waals surface area contributed by atoms with Crippen molar-refractivity contribution < 1.29 is 14.3 Å². The minimum absolute atomic E-state index is 0.602. The molecule has 1 radical (unpaired) electrons. The molecule has 0 aliphatic carbocycles. The van der Waals surface area contributed by atoms with Crippen molar-refractivity contribution in [2.45, 2.75) is 20.0 Å². The lowest BCUT2D eigenvalue weighted by Crippen LogP contribution is -2.33. The van der Waals surface area contributed by atoms with E-state index in [4.69, 9.17) is 4.74 Å². The molecule has 0 aliphatic heterocycles. The molecular weight excluding hydrogens is 132 g/mol. The second-order valence-corrected chi connectivity index (χ2v) is 2.62. The molecule has 0 amide bonds. The molecule has 3 heteroatoms. The zero-order valence-corrected chi connectivity index (χ0v) is 6.38. The Morgan fingerprint density at radius 2 is 2.10 bits per heavy atom. The van der Waals surface area contributed by atoms with Crippen LogP contribution < -0.4 is 0 Å². The molecule has 0 aliphatic rings. The standard InChI is InChI=1S/C7H11O3/c1-7(2,5-9)6(4-8)10-3/h4,6H,1-3H3. The largest absolute Gasteiger partial charge is 0.373 e. The first-order valence-electron chi connectivity index (χ1n) is 2.96. The Balaban J connectivity index is 4.24. The first-order chi connectivity index (χ1) is 4.58. The van der Waals surface area contributed by atoms with Crippen LogP contribution in [0.25, 0.3) is 0 Å². The van der Waals surface area contributed by atoms with Gasteiger partial charge in [-0.05, 0) is 13.8 Å². The molecule has 3 nitrogen and oxygen atoms in total. The lowest BCUT2D eigenvalue weighted by Gasteiger charge is -2.21. The maximum Gasteiger partial charge on any atom is 0.207 e. The molecule has 0 spiro atoms. The van der Waals surface area contributed by atoms with Gasteiger partial charge in [0.05, 0.1) is 5.41 Å².